The van der Waals surface area contributed by atoms with Crippen molar-refractivity contribution in [2.45, 2.75) is 39.2 Å². The van der Waals surface area contributed by atoms with Gasteiger partial charge in [0, 0.05) is 12.1 Å². The molecule has 0 radical (unpaired) electrons. The molecule has 0 fully saturated rings. The van der Waals surface area contributed by atoms with Crippen LogP contribution < -0.4 is 4.74 Å². The third kappa shape index (κ3) is 4.42. The maximum absolute atomic E-state index is 11.7. The van der Waals surface area contributed by atoms with Gasteiger partial charge in [0.2, 0.25) is 0 Å². The summed E-state index contributed by atoms with van der Waals surface area (Å²) in [6.07, 6.45) is 2.64. The summed E-state index contributed by atoms with van der Waals surface area (Å²) in [5.41, 5.74) is -0.434. The Kier molecular flexibility index (Phi) is 6.61. The fourth-order valence-electron chi connectivity index (χ4n) is 1.91. The highest BCUT2D eigenvalue weighted by molar-refractivity contribution is 9.10. The maximum Gasteiger partial charge on any atom is 0.345 e. The van der Waals surface area contributed by atoms with Crippen LogP contribution in [0.15, 0.2) is 16.6 Å². The molecule has 0 aromatic heterocycles. The molecule has 1 rings (SSSR count). The second-order valence-electron chi connectivity index (χ2n) is 4.49. The quantitative estimate of drug-likeness (QED) is 0.416. The van der Waals surface area contributed by atoms with E-state index in [1.165, 1.54) is 19.2 Å². The van der Waals surface area contributed by atoms with Crippen LogP contribution in [0.4, 0.5) is 5.69 Å². The van der Waals surface area contributed by atoms with Gasteiger partial charge in [-0.25, -0.2) is 4.79 Å². The van der Waals surface area contributed by atoms with Crippen LogP contribution in [0.1, 0.15) is 43.5 Å². The van der Waals surface area contributed by atoms with Gasteiger partial charge in [0.05, 0.1) is 22.6 Å². The number of methoxy groups -OCH3 is 1. The Balaban J connectivity index is 3.22. The van der Waals surface area contributed by atoms with Gasteiger partial charge in [-0.05, 0) is 28.8 Å². The largest absolute Gasteiger partial charge is 0.489 e. The molecular weight excluding hydrogens is 342 g/mol. The van der Waals surface area contributed by atoms with Gasteiger partial charge in [-0.2, -0.15) is 0 Å². The smallest absolute Gasteiger partial charge is 0.345 e. The fourth-order valence-corrected chi connectivity index (χ4v) is 2.33. The number of esters is 1. The van der Waals surface area contributed by atoms with Crippen molar-refractivity contribution >= 4 is 27.6 Å². The van der Waals surface area contributed by atoms with Gasteiger partial charge in [0.15, 0.2) is 0 Å². The average molecular weight is 360 g/mol. The number of rotatable bonds is 7. The van der Waals surface area contributed by atoms with E-state index in [2.05, 4.69) is 27.6 Å². The first-order valence-corrected chi connectivity index (χ1v) is 7.46. The van der Waals surface area contributed by atoms with Crippen LogP contribution in [-0.2, 0) is 4.74 Å². The molecule has 1 atom stereocenters. The van der Waals surface area contributed by atoms with E-state index >= 15 is 0 Å². The molecule has 0 N–H and O–H groups in total. The number of carbonyl (C=O) groups is 1. The zero-order valence-electron chi connectivity index (χ0n) is 12.2. The summed E-state index contributed by atoms with van der Waals surface area (Å²) in [5.74, 6) is -0.358. The van der Waals surface area contributed by atoms with E-state index in [4.69, 9.17) is 4.74 Å². The molecule has 0 heterocycles. The lowest BCUT2D eigenvalue weighted by molar-refractivity contribution is -0.385. The van der Waals surface area contributed by atoms with E-state index in [0.29, 0.717) is 10.2 Å². The summed E-state index contributed by atoms with van der Waals surface area (Å²) >= 11 is 3.25. The number of hydrogen-bond acceptors (Lipinski definition) is 5. The molecule has 116 valence electrons. The fraction of sp³-hybridized carbons (Fsp3) is 0.500. The first kappa shape index (κ1) is 17.4. The monoisotopic (exact) mass is 359 g/mol. The van der Waals surface area contributed by atoms with Gasteiger partial charge in [-0.15, -0.1) is 0 Å². The first-order chi connectivity index (χ1) is 9.94. The zero-order valence-corrected chi connectivity index (χ0v) is 13.8. The second kappa shape index (κ2) is 7.97. The van der Waals surface area contributed by atoms with Crippen LogP contribution in [0.2, 0.25) is 0 Å². The van der Waals surface area contributed by atoms with Crippen LogP contribution in [0, 0.1) is 10.1 Å². The van der Waals surface area contributed by atoms with Gasteiger partial charge >= 0.3 is 5.97 Å². The van der Waals surface area contributed by atoms with Crippen LogP contribution >= 0.6 is 15.9 Å². The summed E-state index contributed by atoms with van der Waals surface area (Å²) < 4.78 is 10.9. The van der Waals surface area contributed by atoms with Gasteiger partial charge in [0.25, 0.3) is 5.69 Å². The van der Waals surface area contributed by atoms with Crippen molar-refractivity contribution in [1.82, 2.24) is 0 Å². The van der Waals surface area contributed by atoms with E-state index in [-0.39, 0.29) is 17.4 Å². The Bertz CT molecular complexity index is 532. The predicted molar refractivity (Wildman–Crippen MR) is 81.8 cm³/mol. The van der Waals surface area contributed by atoms with Gasteiger partial charge in [-0.1, -0.05) is 20.3 Å². The number of nitro benzene ring substituents is 1. The molecule has 1 unspecified atom stereocenters. The van der Waals surface area contributed by atoms with Crippen LogP contribution in [-0.4, -0.2) is 24.1 Å². The van der Waals surface area contributed by atoms with Gasteiger partial charge in [0.1, 0.15) is 11.3 Å². The number of ether oxygens (including phenoxy) is 2. The molecule has 0 bridgehead atoms. The van der Waals surface area contributed by atoms with E-state index in [0.717, 1.165) is 19.3 Å². The molecule has 0 amide bonds. The molecule has 0 saturated heterocycles. The van der Waals surface area contributed by atoms with E-state index in [1.54, 1.807) is 0 Å². The number of nitrogens with zero attached hydrogens (tertiary/aromatic N) is 1. The van der Waals surface area contributed by atoms with Crippen LogP contribution in [0.25, 0.3) is 0 Å². The summed E-state index contributed by atoms with van der Waals surface area (Å²) in [5, 5.41) is 11.0. The summed E-state index contributed by atoms with van der Waals surface area (Å²) in [6.45, 7) is 4.05. The Morgan fingerprint density at radius 2 is 2.10 bits per heavy atom. The molecule has 21 heavy (non-hydrogen) atoms. The van der Waals surface area contributed by atoms with Crippen molar-refractivity contribution < 1.29 is 19.2 Å². The Hall–Kier alpha value is -1.63. The topological polar surface area (TPSA) is 78.7 Å². The Morgan fingerprint density at radius 3 is 2.57 bits per heavy atom. The molecule has 0 aliphatic rings. The van der Waals surface area contributed by atoms with Gasteiger partial charge in [-0.3, -0.25) is 10.1 Å². The lowest BCUT2D eigenvalue weighted by Crippen LogP contribution is -2.16. The SMILES string of the molecule is CCCC(CC)Oc1cc(C(=O)OC)c([N+](=O)[O-])cc1Br. The highest BCUT2D eigenvalue weighted by Crippen LogP contribution is 2.34. The van der Waals surface area contributed by atoms with E-state index < -0.39 is 10.9 Å². The standard InChI is InChI=1S/C14H18BrNO5/c1-4-6-9(5-2)21-13-7-10(14(17)20-3)12(16(18)19)8-11(13)15/h7-9H,4-6H2,1-3H3. The lowest BCUT2D eigenvalue weighted by atomic mass is 10.1. The van der Waals surface area contributed by atoms with Crippen LogP contribution in [0.3, 0.4) is 0 Å². The van der Waals surface area contributed by atoms with Crippen molar-refractivity contribution in [3.63, 3.8) is 0 Å². The second-order valence-corrected chi connectivity index (χ2v) is 5.34. The molecule has 7 heteroatoms. The van der Waals surface area contributed by atoms with Crippen LogP contribution in [0.5, 0.6) is 5.75 Å². The maximum atomic E-state index is 11.7. The summed E-state index contributed by atoms with van der Waals surface area (Å²) in [4.78, 5) is 22.1. The van der Waals surface area contributed by atoms with Crippen molar-refractivity contribution in [3.8, 4) is 5.75 Å². The first-order valence-electron chi connectivity index (χ1n) is 6.67. The Morgan fingerprint density at radius 1 is 1.43 bits per heavy atom. The number of carbonyl (C=O) groups excluding carboxylic acids is 1. The van der Waals surface area contributed by atoms with Crippen molar-refractivity contribution in [2.24, 2.45) is 0 Å². The molecular formula is C14H18BrNO5. The molecule has 6 nitrogen and oxygen atoms in total. The van der Waals surface area contributed by atoms with Crippen molar-refractivity contribution in [3.05, 3.63) is 32.3 Å². The minimum absolute atomic E-state index is 0.00162. The number of hydrogen-bond donors (Lipinski definition) is 0. The molecule has 0 spiro atoms. The third-order valence-corrected chi connectivity index (χ3v) is 3.63. The van der Waals surface area contributed by atoms with Gasteiger partial charge < -0.3 is 9.47 Å². The molecule has 0 aliphatic heterocycles. The molecule has 0 aliphatic carbocycles. The Labute approximate surface area is 131 Å². The minimum atomic E-state index is -0.761. The van der Waals surface area contributed by atoms with E-state index in [1.807, 2.05) is 6.92 Å². The highest BCUT2D eigenvalue weighted by Gasteiger charge is 2.24. The van der Waals surface area contributed by atoms with Crippen molar-refractivity contribution in [2.75, 3.05) is 7.11 Å². The molecule has 1 aromatic rings. The number of nitro groups is 1. The zero-order chi connectivity index (χ0) is 16.0. The average Bonchev–Trinajstić information content (AvgIpc) is 2.47. The number of halogens is 1. The molecule has 1 aromatic carbocycles. The highest BCUT2D eigenvalue weighted by atomic mass is 79.9. The van der Waals surface area contributed by atoms with Crippen molar-refractivity contribution in [1.29, 1.82) is 0 Å². The third-order valence-electron chi connectivity index (χ3n) is 3.01. The van der Waals surface area contributed by atoms with E-state index in [9.17, 15) is 14.9 Å². The summed E-state index contributed by atoms with van der Waals surface area (Å²) in [7, 11) is 1.18. The number of benzene rings is 1. The summed E-state index contributed by atoms with van der Waals surface area (Å²) in [6, 6.07) is 2.62. The molecule has 0 saturated carbocycles. The lowest BCUT2D eigenvalue weighted by Gasteiger charge is -2.18. The minimum Gasteiger partial charge on any atom is -0.489 e. The normalized spacial score (nSPS) is 11.8. The predicted octanol–water partition coefficient (Wildman–Crippen LogP) is 4.10.